The maximum atomic E-state index is 12.1. The largest absolute Gasteiger partial charge is 0.481 e. The Balaban J connectivity index is 2.37. The van der Waals surface area contributed by atoms with Gasteiger partial charge in [0.1, 0.15) is 5.58 Å². The zero-order chi connectivity index (χ0) is 17.6. The average molecular weight is 330 g/mol. The predicted octanol–water partition coefficient (Wildman–Crippen LogP) is 0.964. The maximum absolute atomic E-state index is 12.1. The highest BCUT2D eigenvalue weighted by Gasteiger charge is 2.33. The van der Waals surface area contributed by atoms with Crippen LogP contribution in [-0.4, -0.2) is 22.9 Å². The summed E-state index contributed by atoms with van der Waals surface area (Å²) < 4.78 is 5.18. The molecule has 1 aliphatic heterocycles. The van der Waals surface area contributed by atoms with E-state index < -0.39 is 18.0 Å². The number of anilines is 2. The molecule has 24 heavy (non-hydrogen) atoms. The van der Waals surface area contributed by atoms with Gasteiger partial charge in [-0.15, -0.1) is 0 Å². The number of hydrogen-bond donors (Lipinski definition) is 2. The summed E-state index contributed by atoms with van der Waals surface area (Å²) >= 11 is 0. The Bertz CT molecular complexity index is 943. The van der Waals surface area contributed by atoms with Gasteiger partial charge in [0.25, 0.3) is 0 Å². The Morgan fingerprint density at radius 1 is 1.25 bits per heavy atom. The molecule has 0 aliphatic carbocycles. The van der Waals surface area contributed by atoms with Gasteiger partial charge in [0.2, 0.25) is 11.8 Å². The van der Waals surface area contributed by atoms with Crippen LogP contribution < -0.4 is 16.3 Å². The summed E-state index contributed by atoms with van der Waals surface area (Å²) in [4.78, 5) is 48.2. The van der Waals surface area contributed by atoms with E-state index in [1.165, 1.54) is 12.1 Å². The second-order valence-electron chi connectivity index (χ2n) is 5.60. The number of carbonyl (C=O) groups excluding carboxylic acids is 2. The summed E-state index contributed by atoms with van der Waals surface area (Å²) in [6.07, 6.45) is -0.338. The van der Waals surface area contributed by atoms with E-state index in [4.69, 9.17) is 15.3 Å². The van der Waals surface area contributed by atoms with Crippen LogP contribution in [0.3, 0.4) is 0 Å². The van der Waals surface area contributed by atoms with E-state index in [0.29, 0.717) is 10.9 Å². The Kier molecular flexibility index (Phi) is 3.59. The number of carboxylic acids is 1. The third-order valence-corrected chi connectivity index (χ3v) is 4.00. The molecule has 2 amide bonds. The van der Waals surface area contributed by atoms with E-state index in [9.17, 15) is 19.2 Å². The molecule has 1 saturated heterocycles. The van der Waals surface area contributed by atoms with Crippen molar-refractivity contribution in [1.82, 2.24) is 0 Å². The van der Waals surface area contributed by atoms with Gasteiger partial charge in [-0.25, -0.2) is 9.69 Å². The van der Waals surface area contributed by atoms with Crippen molar-refractivity contribution in [2.75, 3.05) is 10.6 Å². The van der Waals surface area contributed by atoms with Gasteiger partial charge in [-0.05, 0) is 18.6 Å². The van der Waals surface area contributed by atoms with Crippen LogP contribution in [-0.2, 0) is 20.8 Å². The van der Waals surface area contributed by atoms with Crippen LogP contribution in [0.5, 0.6) is 0 Å². The summed E-state index contributed by atoms with van der Waals surface area (Å²) in [5.41, 5.74) is 5.88. The number of fused-ring (bicyclic) bond motifs is 1. The fourth-order valence-corrected chi connectivity index (χ4v) is 2.92. The van der Waals surface area contributed by atoms with Gasteiger partial charge >= 0.3 is 11.6 Å². The number of aryl methyl sites for hydroxylation is 1. The minimum Gasteiger partial charge on any atom is -0.481 e. The monoisotopic (exact) mass is 330 g/mol. The van der Waals surface area contributed by atoms with Gasteiger partial charge in [-0.1, -0.05) is 0 Å². The topological polar surface area (TPSA) is 131 Å². The quantitative estimate of drug-likeness (QED) is 0.487. The van der Waals surface area contributed by atoms with Crippen LogP contribution in [0.25, 0.3) is 11.0 Å². The summed E-state index contributed by atoms with van der Waals surface area (Å²) in [5.74, 6) is -1.94. The van der Waals surface area contributed by atoms with Gasteiger partial charge in [0.15, 0.2) is 0 Å². The van der Waals surface area contributed by atoms with E-state index in [-0.39, 0.29) is 47.2 Å². The van der Waals surface area contributed by atoms with E-state index in [2.05, 4.69) is 0 Å². The third-order valence-electron chi connectivity index (χ3n) is 4.00. The summed E-state index contributed by atoms with van der Waals surface area (Å²) in [6.45, 7) is 1.56. The molecule has 2 heterocycles. The average Bonchev–Trinajstić information content (AvgIpc) is 2.81. The molecule has 0 spiro atoms. The van der Waals surface area contributed by atoms with Crippen molar-refractivity contribution >= 4 is 40.1 Å². The summed E-state index contributed by atoms with van der Waals surface area (Å²) in [6, 6.07) is 2.85. The number of aliphatic carboxylic acids is 1. The van der Waals surface area contributed by atoms with Crippen molar-refractivity contribution in [3.05, 3.63) is 33.7 Å². The number of benzene rings is 1. The standard InChI is InChI=1S/C16H14N2O6/c1-7-9(6-14(21)22)16(23)24-11-5-8(17)4-10(15(7)11)18-12(19)2-3-13(18)20/h4-5H,2-3,6,17H2,1H3,(H,21,22). The van der Waals surface area contributed by atoms with Crippen LogP contribution >= 0.6 is 0 Å². The highest BCUT2D eigenvalue weighted by molar-refractivity contribution is 6.23. The molecule has 3 N–H and O–H groups in total. The molecule has 1 aliphatic rings. The van der Waals surface area contributed by atoms with Crippen molar-refractivity contribution in [2.45, 2.75) is 26.2 Å². The van der Waals surface area contributed by atoms with Crippen molar-refractivity contribution in [2.24, 2.45) is 0 Å². The minimum absolute atomic E-state index is 0.0277. The number of carbonyl (C=O) groups is 3. The first-order valence-corrected chi connectivity index (χ1v) is 7.23. The number of rotatable bonds is 3. The molecule has 1 fully saturated rings. The number of imide groups is 1. The van der Waals surface area contributed by atoms with Crippen LogP contribution in [0, 0.1) is 6.92 Å². The van der Waals surface area contributed by atoms with Gasteiger partial charge in [-0.2, -0.15) is 0 Å². The fourth-order valence-electron chi connectivity index (χ4n) is 2.92. The van der Waals surface area contributed by atoms with Gasteiger partial charge < -0.3 is 15.3 Å². The van der Waals surface area contributed by atoms with Crippen LogP contribution in [0.2, 0.25) is 0 Å². The Labute approximate surface area is 135 Å². The molecule has 0 radical (unpaired) electrons. The number of carboxylic acid groups (broad SMARTS) is 1. The second-order valence-corrected chi connectivity index (χ2v) is 5.60. The molecule has 8 nitrogen and oxygen atoms in total. The molecule has 0 bridgehead atoms. The fraction of sp³-hybridized carbons (Fsp3) is 0.250. The van der Waals surface area contributed by atoms with Crippen molar-refractivity contribution < 1.29 is 23.9 Å². The highest BCUT2D eigenvalue weighted by atomic mass is 16.4. The normalized spacial score (nSPS) is 14.6. The molecular weight excluding hydrogens is 316 g/mol. The second kappa shape index (κ2) is 5.48. The lowest BCUT2D eigenvalue weighted by molar-refractivity contribution is -0.136. The Morgan fingerprint density at radius 3 is 2.46 bits per heavy atom. The maximum Gasteiger partial charge on any atom is 0.340 e. The molecular formula is C16H14N2O6. The zero-order valence-electron chi connectivity index (χ0n) is 12.8. The number of amides is 2. The predicted molar refractivity (Wildman–Crippen MR) is 84.7 cm³/mol. The van der Waals surface area contributed by atoms with E-state index >= 15 is 0 Å². The van der Waals surface area contributed by atoms with Crippen molar-refractivity contribution in [1.29, 1.82) is 0 Å². The number of hydrogen-bond acceptors (Lipinski definition) is 6. The summed E-state index contributed by atoms with van der Waals surface area (Å²) in [7, 11) is 0. The Hall–Kier alpha value is -3.16. The lowest BCUT2D eigenvalue weighted by Crippen LogP contribution is -2.29. The molecule has 2 aromatic rings. The molecule has 124 valence electrons. The van der Waals surface area contributed by atoms with E-state index in [1.807, 2.05) is 0 Å². The molecule has 0 unspecified atom stereocenters. The van der Waals surface area contributed by atoms with Crippen LogP contribution in [0.15, 0.2) is 21.3 Å². The lowest BCUT2D eigenvalue weighted by Gasteiger charge is -2.18. The molecule has 1 aromatic carbocycles. The third kappa shape index (κ3) is 2.41. The SMILES string of the molecule is Cc1c(CC(=O)O)c(=O)oc2cc(N)cc(N3C(=O)CCC3=O)c12. The van der Waals surface area contributed by atoms with Crippen LogP contribution in [0.4, 0.5) is 11.4 Å². The number of nitrogens with two attached hydrogens (primary N) is 1. The minimum atomic E-state index is -1.19. The Morgan fingerprint density at radius 2 is 1.88 bits per heavy atom. The highest BCUT2D eigenvalue weighted by Crippen LogP contribution is 2.35. The first-order chi connectivity index (χ1) is 11.3. The first kappa shape index (κ1) is 15.7. The molecule has 3 rings (SSSR count). The summed E-state index contributed by atoms with van der Waals surface area (Å²) in [5, 5.41) is 9.31. The number of nitrogens with zero attached hydrogens (tertiary/aromatic N) is 1. The van der Waals surface area contributed by atoms with Crippen molar-refractivity contribution in [3.63, 3.8) is 0 Å². The van der Waals surface area contributed by atoms with Crippen molar-refractivity contribution in [3.8, 4) is 0 Å². The first-order valence-electron chi connectivity index (χ1n) is 7.23. The lowest BCUT2D eigenvalue weighted by atomic mass is 10.0. The van der Waals surface area contributed by atoms with E-state index in [1.54, 1.807) is 6.92 Å². The number of nitrogen functional groups attached to an aromatic ring is 1. The molecule has 0 saturated carbocycles. The zero-order valence-corrected chi connectivity index (χ0v) is 12.8. The van der Waals surface area contributed by atoms with Gasteiger partial charge in [0.05, 0.1) is 17.7 Å². The van der Waals surface area contributed by atoms with Crippen LogP contribution in [0.1, 0.15) is 24.0 Å². The molecule has 1 aromatic heterocycles. The molecule has 0 atom stereocenters. The van der Waals surface area contributed by atoms with Gasteiger partial charge in [0, 0.05) is 30.0 Å². The molecule has 8 heteroatoms. The van der Waals surface area contributed by atoms with Gasteiger partial charge in [-0.3, -0.25) is 14.4 Å². The smallest absolute Gasteiger partial charge is 0.340 e. The van der Waals surface area contributed by atoms with E-state index in [0.717, 1.165) is 4.90 Å².